The highest BCUT2D eigenvalue weighted by molar-refractivity contribution is 4.63. The summed E-state index contributed by atoms with van der Waals surface area (Å²) >= 11 is 0. The molecule has 1 aliphatic rings. The van der Waals surface area contributed by atoms with Crippen LogP contribution in [0.1, 0.15) is 33.1 Å². The maximum atomic E-state index is 5.55. The van der Waals surface area contributed by atoms with Crippen molar-refractivity contribution in [3.63, 3.8) is 0 Å². The molecule has 1 rings (SSSR count). The molecule has 0 bridgehead atoms. The average molecular weight is 173 g/mol. The van der Waals surface area contributed by atoms with Crippen LogP contribution in [0.5, 0.6) is 0 Å². The van der Waals surface area contributed by atoms with Gasteiger partial charge in [-0.25, -0.2) is 0 Å². The van der Waals surface area contributed by atoms with Crippen LogP contribution in [0.2, 0.25) is 0 Å². The van der Waals surface area contributed by atoms with Gasteiger partial charge in [-0.1, -0.05) is 0 Å². The van der Waals surface area contributed by atoms with E-state index in [2.05, 4.69) is 0 Å². The molecule has 1 atom stereocenters. The molecule has 0 saturated carbocycles. The van der Waals surface area contributed by atoms with Gasteiger partial charge in [0.05, 0.1) is 6.61 Å². The summed E-state index contributed by atoms with van der Waals surface area (Å²) in [5, 5.41) is 1.98. The number of hydroxylamine groups is 2. The third-order valence-corrected chi connectivity index (χ3v) is 2.05. The van der Waals surface area contributed by atoms with E-state index in [0.29, 0.717) is 0 Å². The second-order valence-electron chi connectivity index (χ2n) is 2.96. The summed E-state index contributed by atoms with van der Waals surface area (Å²) in [4.78, 5) is 5.46. The molecule has 0 amide bonds. The highest BCUT2D eigenvalue weighted by atomic mass is 16.7. The molecule has 3 heteroatoms. The van der Waals surface area contributed by atoms with Gasteiger partial charge in [0.1, 0.15) is 6.23 Å². The largest absolute Gasteiger partial charge is 0.361 e. The standard InChI is InChI=1S/C9H19NO2/c1-3-11-9-7-5-6-8-10(9)12-4-2/h9H,3-8H2,1-2H3. The first-order chi connectivity index (χ1) is 5.88. The Morgan fingerprint density at radius 2 is 2.08 bits per heavy atom. The minimum atomic E-state index is 0.198. The van der Waals surface area contributed by atoms with Gasteiger partial charge < -0.3 is 4.74 Å². The maximum absolute atomic E-state index is 5.55. The average Bonchev–Trinajstić information content (AvgIpc) is 2.09. The van der Waals surface area contributed by atoms with Crippen LogP contribution in [0.25, 0.3) is 0 Å². The van der Waals surface area contributed by atoms with Crippen molar-refractivity contribution in [2.24, 2.45) is 0 Å². The summed E-state index contributed by atoms with van der Waals surface area (Å²) in [6.45, 7) is 6.56. The molecule has 0 aromatic heterocycles. The Hall–Kier alpha value is -0.120. The highest BCUT2D eigenvalue weighted by Gasteiger charge is 2.22. The molecule has 1 saturated heterocycles. The molecule has 0 radical (unpaired) electrons. The quantitative estimate of drug-likeness (QED) is 0.647. The predicted molar refractivity (Wildman–Crippen MR) is 47.6 cm³/mol. The van der Waals surface area contributed by atoms with Gasteiger partial charge in [0, 0.05) is 13.2 Å². The molecule has 0 N–H and O–H groups in total. The summed E-state index contributed by atoms with van der Waals surface area (Å²) < 4.78 is 5.55. The van der Waals surface area contributed by atoms with Gasteiger partial charge in [-0.2, -0.15) is 5.06 Å². The van der Waals surface area contributed by atoms with Crippen LogP contribution in [0.3, 0.4) is 0 Å². The molecule has 0 aromatic rings. The molecule has 1 heterocycles. The third kappa shape index (κ3) is 2.73. The minimum Gasteiger partial charge on any atom is -0.361 e. The van der Waals surface area contributed by atoms with E-state index >= 15 is 0 Å². The summed E-state index contributed by atoms with van der Waals surface area (Å²) in [6.07, 6.45) is 3.79. The van der Waals surface area contributed by atoms with Crippen molar-refractivity contribution in [2.75, 3.05) is 19.8 Å². The van der Waals surface area contributed by atoms with Gasteiger partial charge in [0.15, 0.2) is 0 Å². The molecule has 0 aliphatic carbocycles. The molecule has 0 spiro atoms. The topological polar surface area (TPSA) is 21.7 Å². The van der Waals surface area contributed by atoms with E-state index in [9.17, 15) is 0 Å². The monoisotopic (exact) mass is 173 g/mol. The Kier molecular flexibility index (Phi) is 4.58. The molecular weight excluding hydrogens is 154 g/mol. The third-order valence-electron chi connectivity index (χ3n) is 2.05. The Morgan fingerprint density at radius 3 is 2.75 bits per heavy atom. The molecule has 3 nitrogen and oxygen atoms in total. The van der Waals surface area contributed by atoms with Gasteiger partial charge >= 0.3 is 0 Å². The van der Waals surface area contributed by atoms with E-state index in [-0.39, 0.29) is 6.23 Å². The second kappa shape index (κ2) is 5.51. The number of nitrogens with zero attached hydrogens (tertiary/aromatic N) is 1. The van der Waals surface area contributed by atoms with Crippen LogP contribution in [0, 0.1) is 0 Å². The number of hydrogen-bond donors (Lipinski definition) is 0. The van der Waals surface area contributed by atoms with Crippen molar-refractivity contribution in [3.05, 3.63) is 0 Å². The van der Waals surface area contributed by atoms with Crippen LogP contribution in [0.15, 0.2) is 0 Å². The fraction of sp³-hybridized carbons (Fsp3) is 1.00. The lowest BCUT2D eigenvalue weighted by Crippen LogP contribution is -2.41. The van der Waals surface area contributed by atoms with Gasteiger partial charge in [0.25, 0.3) is 0 Å². The van der Waals surface area contributed by atoms with Gasteiger partial charge in [-0.15, -0.1) is 0 Å². The number of rotatable bonds is 4. The smallest absolute Gasteiger partial charge is 0.133 e. The van der Waals surface area contributed by atoms with Crippen LogP contribution < -0.4 is 0 Å². The summed E-state index contributed by atoms with van der Waals surface area (Å²) in [5.41, 5.74) is 0. The number of piperidine rings is 1. The first kappa shape index (κ1) is 9.96. The fourth-order valence-electron chi connectivity index (χ4n) is 1.55. The molecule has 1 aliphatic heterocycles. The lowest BCUT2D eigenvalue weighted by molar-refractivity contribution is -0.261. The molecule has 72 valence electrons. The Balaban J connectivity index is 2.31. The Bertz CT molecular complexity index is 101. The molecular formula is C9H19NO2. The van der Waals surface area contributed by atoms with Crippen molar-refractivity contribution >= 4 is 0 Å². The zero-order valence-corrected chi connectivity index (χ0v) is 8.08. The van der Waals surface area contributed by atoms with E-state index in [1.807, 2.05) is 18.9 Å². The summed E-state index contributed by atoms with van der Waals surface area (Å²) in [5.74, 6) is 0. The predicted octanol–water partition coefficient (Wildman–Crippen LogP) is 1.79. The van der Waals surface area contributed by atoms with Crippen LogP contribution in [0.4, 0.5) is 0 Å². The Morgan fingerprint density at radius 1 is 1.25 bits per heavy atom. The van der Waals surface area contributed by atoms with Crippen molar-refractivity contribution in [2.45, 2.75) is 39.3 Å². The van der Waals surface area contributed by atoms with Gasteiger partial charge in [0.2, 0.25) is 0 Å². The lowest BCUT2D eigenvalue weighted by atomic mass is 10.1. The van der Waals surface area contributed by atoms with Crippen LogP contribution in [-0.2, 0) is 9.57 Å². The lowest BCUT2D eigenvalue weighted by Gasteiger charge is -2.33. The summed E-state index contributed by atoms with van der Waals surface area (Å²) in [7, 11) is 0. The minimum absolute atomic E-state index is 0.198. The van der Waals surface area contributed by atoms with Crippen molar-refractivity contribution in [1.29, 1.82) is 0 Å². The van der Waals surface area contributed by atoms with E-state index in [1.54, 1.807) is 0 Å². The van der Waals surface area contributed by atoms with Crippen LogP contribution >= 0.6 is 0 Å². The number of hydrogen-bond acceptors (Lipinski definition) is 3. The van der Waals surface area contributed by atoms with Gasteiger partial charge in [-0.3, -0.25) is 4.84 Å². The van der Waals surface area contributed by atoms with E-state index in [1.165, 1.54) is 12.8 Å². The first-order valence-corrected chi connectivity index (χ1v) is 4.89. The zero-order chi connectivity index (χ0) is 8.81. The van der Waals surface area contributed by atoms with Crippen molar-refractivity contribution in [1.82, 2.24) is 5.06 Å². The maximum Gasteiger partial charge on any atom is 0.133 e. The molecule has 12 heavy (non-hydrogen) atoms. The molecule has 0 aromatic carbocycles. The normalized spacial score (nSPS) is 26.0. The molecule has 1 unspecified atom stereocenters. The van der Waals surface area contributed by atoms with Crippen molar-refractivity contribution in [3.8, 4) is 0 Å². The van der Waals surface area contributed by atoms with Gasteiger partial charge in [-0.05, 0) is 33.1 Å². The molecule has 1 fully saturated rings. The summed E-state index contributed by atoms with van der Waals surface area (Å²) in [6, 6.07) is 0. The highest BCUT2D eigenvalue weighted by Crippen LogP contribution is 2.17. The van der Waals surface area contributed by atoms with E-state index < -0.39 is 0 Å². The SMILES string of the molecule is CCOC1CCCCN1OCC. The fourth-order valence-corrected chi connectivity index (χ4v) is 1.55. The van der Waals surface area contributed by atoms with E-state index in [0.717, 1.165) is 26.2 Å². The van der Waals surface area contributed by atoms with E-state index in [4.69, 9.17) is 9.57 Å². The number of ether oxygens (including phenoxy) is 1. The van der Waals surface area contributed by atoms with Crippen molar-refractivity contribution < 1.29 is 9.57 Å². The second-order valence-corrected chi connectivity index (χ2v) is 2.96. The van der Waals surface area contributed by atoms with Crippen LogP contribution in [-0.4, -0.2) is 31.0 Å². The zero-order valence-electron chi connectivity index (χ0n) is 8.08. The Labute approximate surface area is 74.6 Å². The first-order valence-electron chi connectivity index (χ1n) is 4.89.